The van der Waals surface area contributed by atoms with E-state index in [1.165, 1.54) is 12.7 Å². The summed E-state index contributed by atoms with van der Waals surface area (Å²) in [6.07, 6.45) is 0.162. The largest absolute Gasteiger partial charge is 0.469 e. The Balaban J connectivity index is 1.95. The van der Waals surface area contributed by atoms with Gasteiger partial charge in [0.2, 0.25) is 0 Å². The van der Waals surface area contributed by atoms with Crippen molar-refractivity contribution in [1.82, 2.24) is 9.80 Å². The molecule has 3 unspecified atom stereocenters. The summed E-state index contributed by atoms with van der Waals surface area (Å²) in [6, 6.07) is 10.2. The van der Waals surface area contributed by atoms with E-state index in [2.05, 4.69) is 21.9 Å². The van der Waals surface area contributed by atoms with Crippen LogP contribution in [0.25, 0.3) is 0 Å². The Morgan fingerprint density at radius 1 is 1.11 bits per heavy atom. The van der Waals surface area contributed by atoms with Gasteiger partial charge in [0.05, 0.1) is 18.7 Å². The molecule has 2 heterocycles. The number of carbonyl (C=O) groups excluding carboxylic acids is 2. The molecule has 0 aliphatic carbocycles. The lowest BCUT2D eigenvalue weighted by Crippen LogP contribution is -2.53. The summed E-state index contributed by atoms with van der Waals surface area (Å²) in [5.74, 6) is -0.561. The van der Waals surface area contributed by atoms with Gasteiger partial charge in [-0.25, -0.2) is 0 Å². The molecule has 2 saturated heterocycles. The summed E-state index contributed by atoms with van der Waals surface area (Å²) in [5, 5.41) is 0. The van der Waals surface area contributed by atoms with Crippen molar-refractivity contribution >= 4 is 11.9 Å². The number of rotatable bonds is 4. The van der Waals surface area contributed by atoms with Crippen LogP contribution in [0.3, 0.4) is 0 Å². The van der Waals surface area contributed by atoms with Crippen LogP contribution in [-0.2, 0) is 25.6 Å². The van der Waals surface area contributed by atoms with E-state index in [1.54, 1.807) is 0 Å². The predicted molar refractivity (Wildman–Crippen MR) is 106 cm³/mol. The summed E-state index contributed by atoms with van der Waals surface area (Å²) >= 11 is 0. The van der Waals surface area contributed by atoms with Gasteiger partial charge >= 0.3 is 11.9 Å². The minimum absolute atomic E-state index is 0.210. The quantitative estimate of drug-likeness (QED) is 0.740. The van der Waals surface area contributed by atoms with Crippen molar-refractivity contribution in [3.63, 3.8) is 0 Å². The second-order valence-corrected chi connectivity index (χ2v) is 9.38. The molecule has 0 spiro atoms. The molecule has 2 aliphatic heterocycles. The third-order valence-corrected chi connectivity index (χ3v) is 5.90. The number of esters is 2. The highest BCUT2D eigenvalue weighted by Gasteiger charge is 2.66. The lowest BCUT2D eigenvalue weighted by Gasteiger charge is -2.36. The molecular formula is C22H32N2O4. The maximum Gasteiger partial charge on any atom is 0.326 e. The Morgan fingerprint density at radius 2 is 1.75 bits per heavy atom. The maximum absolute atomic E-state index is 13.2. The first-order chi connectivity index (χ1) is 13.0. The standard InChI is InChI=1S/C22H32N2O4/c1-20(2,3)28-19(26)22(5)15-21(4,18(25)27-6)17-23(12-13-24(17)22)14-16-10-8-7-9-11-16/h7-11,17H,12-15H2,1-6H3. The Hall–Kier alpha value is -1.92. The average Bonchev–Trinajstić information content (AvgIpc) is 3.14. The van der Waals surface area contributed by atoms with Crippen LogP contribution in [0.15, 0.2) is 30.3 Å². The van der Waals surface area contributed by atoms with Crippen LogP contribution in [0.4, 0.5) is 0 Å². The van der Waals surface area contributed by atoms with Crippen molar-refractivity contribution < 1.29 is 19.1 Å². The molecule has 28 heavy (non-hydrogen) atoms. The minimum atomic E-state index is -0.869. The number of methoxy groups -OCH3 is 1. The number of nitrogens with zero attached hydrogens (tertiary/aromatic N) is 2. The molecule has 6 nitrogen and oxygen atoms in total. The Kier molecular flexibility index (Phi) is 5.32. The summed E-state index contributed by atoms with van der Waals surface area (Å²) in [7, 11) is 1.41. The smallest absolute Gasteiger partial charge is 0.326 e. The van der Waals surface area contributed by atoms with Crippen LogP contribution >= 0.6 is 0 Å². The number of hydrogen-bond acceptors (Lipinski definition) is 6. The van der Waals surface area contributed by atoms with E-state index in [0.29, 0.717) is 13.0 Å². The van der Waals surface area contributed by atoms with Crippen molar-refractivity contribution in [3.05, 3.63) is 35.9 Å². The fourth-order valence-corrected chi connectivity index (χ4v) is 4.82. The van der Waals surface area contributed by atoms with Gasteiger partial charge in [-0.15, -0.1) is 0 Å². The van der Waals surface area contributed by atoms with Gasteiger partial charge < -0.3 is 9.47 Å². The minimum Gasteiger partial charge on any atom is -0.469 e. The summed E-state index contributed by atoms with van der Waals surface area (Å²) in [6.45, 7) is 11.6. The molecule has 0 radical (unpaired) electrons. The Labute approximate surface area is 167 Å². The van der Waals surface area contributed by atoms with Crippen LogP contribution in [-0.4, -0.2) is 59.2 Å². The first-order valence-electron chi connectivity index (χ1n) is 9.88. The van der Waals surface area contributed by atoms with E-state index in [1.807, 2.05) is 52.8 Å². The SMILES string of the molecule is COC(=O)C1(C)CC(C)(C(=O)OC(C)(C)C)N2CCN(Cc3ccccc3)C21. The Bertz CT molecular complexity index is 745. The van der Waals surface area contributed by atoms with Crippen LogP contribution < -0.4 is 0 Å². The molecule has 0 saturated carbocycles. The molecule has 2 fully saturated rings. The van der Waals surface area contributed by atoms with E-state index in [4.69, 9.17) is 9.47 Å². The third kappa shape index (κ3) is 3.55. The summed E-state index contributed by atoms with van der Waals surface area (Å²) in [5.41, 5.74) is -1.08. The van der Waals surface area contributed by atoms with Crippen molar-refractivity contribution in [1.29, 1.82) is 0 Å². The highest BCUT2D eigenvalue weighted by Crippen LogP contribution is 2.51. The van der Waals surface area contributed by atoms with Crippen LogP contribution in [0.5, 0.6) is 0 Å². The maximum atomic E-state index is 13.2. The van der Waals surface area contributed by atoms with Gasteiger partial charge in [-0.3, -0.25) is 19.4 Å². The number of carbonyl (C=O) groups is 2. The number of benzene rings is 1. The first kappa shape index (κ1) is 20.8. The van der Waals surface area contributed by atoms with E-state index in [-0.39, 0.29) is 18.1 Å². The molecule has 1 aromatic rings. The highest BCUT2D eigenvalue weighted by molar-refractivity contribution is 5.86. The molecule has 0 aromatic heterocycles. The fraction of sp³-hybridized carbons (Fsp3) is 0.636. The molecule has 3 rings (SSSR count). The van der Waals surface area contributed by atoms with Gasteiger partial charge in [0.1, 0.15) is 11.1 Å². The molecular weight excluding hydrogens is 356 g/mol. The molecule has 1 aromatic carbocycles. The highest BCUT2D eigenvalue weighted by atomic mass is 16.6. The topological polar surface area (TPSA) is 59.1 Å². The second-order valence-electron chi connectivity index (χ2n) is 9.38. The molecule has 0 bridgehead atoms. The van der Waals surface area contributed by atoms with Crippen molar-refractivity contribution in [3.8, 4) is 0 Å². The number of ether oxygens (including phenoxy) is 2. The lowest BCUT2D eigenvalue weighted by molar-refractivity contribution is -0.167. The van der Waals surface area contributed by atoms with Crippen LogP contribution in [0, 0.1) is 5.41 Å². The van der Waals surface area contributed by atoms with E-state index >= 15 is 0 Å². The fourth-order valence-electron chi connectivity index (χ4n) is 4.82. The molecule has 3 atom stereocenters. The Morgan fingerprint density at radius 3 is 2.32 bits per heavy atom. The van der Waals surface area contributed by atoms with Crippen molar-refractivity contribution in [2.75, 3.05) is 20.2 Å². The van der Waals surface area contributed by atoms with Crippen LogP contribution in [0.1, 0.15) is 46.6 Å². The van der Waals surface area contributed by atoms with Gasteiger partial charge in [0, 0.05) is 19.6 Å². The third-order valence-electron chi connectivity index (χ3n) is 5.90. The van der Waals surface area contributed by atoms with Gasteiger partial charge in [0.15, 0.2) is 0 Å². The molecule has 2 aliphatic rings. The monoisotopic (exact) mass is 388 g/mol. The van der Waals surface area contributed by atoms with Crippen molar-refractivity contribution in [2.24, 2.45) is 5.41 Å². The van der Waals surface area contributed by atoms with E-state index < -0.39 is 16.6 Å². The van der Waals surface area contributed by atoms with Crippen LogP contribution in [0.2, 0.25) is 0 Å². The zero-order valence-corrected chi connectivity index (χ0v) is 17.8. The van der Waals surface area contributed by atoms with Gasteiger partial charge in [0.25, 0.3) is 0 Å². The lowest BCUT2D eigenvalue weighted by atomic mass is 9.80. The number of hydrogen-bond donors (Lipinski definition) is 0. The molecule has 0 amide bonds. The zero-order valence-electron chi connectivity index (χ0n) is 17.8. The van der Waals surface area contributed by atoms with Gasteiger partial charge in [-0.05, 0) is 46.6 Å². The van der Waals surface area contributed by atoms with E-state index in [0.717, 1.165) is 13.1 Å². The first-order valence-corrected chi connectivity index (χ1v) is 9.88. The second kappa shape index (κ2) is 7.16. The zero-order chi connectivity index (χ0) is 20.7. The molecule has 0 N–H and O–H groups in total. The number of fused-ring (bicyclic) bond motifs is 1. The molecule has 6 heteroatoms. The van der Waals surface area contributed by atoms with Gasteiger partial charge in [-0.1, -0.05) is 30.3 Å². The average molecular weight is 389 g/mol. The summed E-state index contributed by atoms with van der Waals surface area (Å²) in [4.78, 5) is 30.4. The van der Waals surface area contributed by atoms with E-state index in [9.17, 15) is 9.59 Å². The predicted octanol–water partition coefficient (Wildman–Crippen LogP) is 2.81. The van der Waals surface area contributed by atoms with Gasteiger partial charge in [-0.2, -0.15) is 0 Å². The normalized spacial score (nSPS) is 30.9. The summed E-state index contributed by atoms with van der Waals surface area (Å²) < 4.78 is 10.9. The molecule has 154 valence electrons. The van der Waals surface area contributed by atoms with Crippen molar-refractivity contribution in [2.45, 2.75) is 64.9 Å².